The first-order chi connectivity index (χ1) is 10.3. The summed E-state index contributed by atoms with van der Waals surface area (Å²) < 4.78 is 10.4. The lowest BCUT2D eigenvalue weighted by molar-refractivity contribution is 0.102. The molecule has 0 fully saturated rings. The molecule has 0 aliphatic rings. The number of nitrogens with one attached hydrogen (secondary N) is 2. The molecular weight excluding hydrogens is 270 g/mol. The standard InChI is InChI=1S/C15H13N3O3/c1-20-11-5-2-4-10(8-11)16-15(19)13-9-12(17-18-13)14-6-3-7-21-14/h2-9H,1H3,(H,16,19)(H,17,18). The van der Waals surface area contributed by atoms with E-state index in [2.05, 4.69) is 15.5 Å². The van der Waals surface area contributed by atoms with E-state index in [9.17, 15) is 4.79 Å². The van der Waals surface area contributed by atoms with Crippen LogP contribution in [-0.2, 0) is 0 Å². The highest BCUT2D eigenvalue weighted by atomic mass is 16.5. The molecule has 0 saturated carbocycles. The molecule has 0 aliphatic heterocycles. The largest absolute Gasteiger partial charge is 0.497 e. The SMILES string of the molecule is COc1cccc(NC(=O)c2cc(-c3ccco3)[nH]n2)c1. The van der Waals surface area contributed by atoms with Gasteiger partial charge in [-0.1, -0.05) is 6.07 Å². The Labute approximate surface area is 120 Å². The fourth-order valence-corrected chi connectivity index (χ4v) is 1.89. The Hall–Kier alpha value is -3.02. The zero-order valence-electron chi connectivity index (χ0n) is 11.3. The first kappa shape index (κ1) is 13.0. The zero-order valence-corrected chi connectivity index (χ0v) is 11.3. The molecular formula is C15H13N3O3. The molecule has 6 nitrogen and oxygen atoms in total. The highest BCUT2D eigenvalue weighted by molar-refractivity contribution is 6.03. The van der Waals surface area contributed by atoms with Crippen molar-refractivity contribution in [3.05, 3.63) is 54.4 Å². The molecule has 6 heteroatoms. The van der Waals surface area contributed by atoms with Crippen LogP contribution in [0.15, 0.2) is 53.1 Å². The summed E-state index contributed by atoms with van der Waals surface area (Å²) in [7, 11) is 1.57. The summed E-state index contributed by atoms with van der Waals surface area (Å²) in [5, 5.41) is 9.51. The number of nitrogens with zero attached hydrogens (tertiary/aromatic N) is 1. The molecule has 21 heavy (non-hydrogen) atoms. The van der Waals surface area contributed by atoms with Crippen LogP contribution in [-0.4, -0.2) is 23.2 Å². The van der Waals surface area contributed by atoms with E-state index in [0.29, 0.717) is 22.9 Å². The Morgan fingerprint density at radius 3 is 2.95 bits per heavy atom. The summed E-state index contributed by atoms with van der Waals surface area (Å²) in [4.78, 5) is 12.1. The second-order valence-electron chi connectivity index (χ2n) is 4.33. The lowest BCUT2D eigenvalue weighted by Crippen LogP contribution is -2.12. The summed E-state index contributed by atoms with van der Waals surface area (Å²) >= 11 is 0. The first-order valence-corrected chi connectivity index (χ1v) is 6.31. The quantitative estimate of drug-likeness (QED) is 0.771. The van der Waals surface area contributed by atoms with E-state index in [1.165, 1.54) is 0 Å². The number of carbonyl (C=O) groups excluding carboxylic acids is 1. The van der Waals surface area contributed by atoms with Gasteiger partial charge < -0.3 is 14.5 Å². The number of hydrogen-bond donors (Lipinski definition) is 2. The number of aromatic amines is 1. The van der Waals surface area contributed by atoms with E-state index >= 15 is 0 Å². The van der Waals surface area contributed by atoms with Gasteiger partial charge in [-0.2, -0.15) is 5.10 Å². The maximum absolute atomic E-state index is 12.1. The van der Waals surface area contributed by atoms with Gasteiger partial charge >= 0.3 is 0 Å². The number of carbonyl (C=O) groups is 1. The number of methoxy groups -OCH3 is 1. The molecule has 0 unspecified atom stereocenters. The maximum Gasteiger partial charge on any atom is 0.276 e. The Balaban J connectivity index is 1.76. The molecule has 2 heterocycles. The van der Waals surface area contributed by atoms with Crippen molar-refractivity contribution in [1.29, 1.82) is 0 Å². The number of aromatic nitrogens is 2. The van der Waals surface area contributed by atoms with Crippen molar-refractivity contribution in [2.45, 2.75) is 0 Å². The molecule has 106 valence electrons. The van der Waals surface area contributed by atoms with Crippen molar-refractivity contribution >= 4 is 11.6 Å². The van der Waals surface area contributed by atoms with Gasteiger partial charge in [0.1, 0.15) is 11.4 Å². The molecule has 3 rings (SSSR count). The van der Waals surface area contributed by atoms with Crippen LogP contribution < -0.4 is 10.1 Å². The van der Waals surface area contributed by atoms with Crippen molar-refractivity contribution in [3.8, 4) is 17.2 Å². The Kier molecular flexibility index (Phi) is 3.42. The number of ether oxygens (including phenoxy) is 1. The van der Waals surface area contributed by atoms with Crippen molar-refractivity contribution in [2.24, 2.45) is 0 Å². The van der Waals surface area contributed by atoms with E-state index in [1.54, 1.807) is 55.8 Å². The lowest BCUT2D eigenvalue weighted by Gasteiger charge is -2.05. The number of hydrogen-bond acceptors (Lipinski definition) is 4. The van der Waals surface area contributed by atoms with Crippen LogP contribution in [0.5, 0.6) is 5.75 Å². The fourth-order valence-electron chi connectivity index (χ4n) is 1.89. The molecule has 0 atom stereocenters. The minimum Gasteiger partial charge on any atom is -0.497 e. The maximum atomic E-state index is 12.1. The molecule has 0 aliphatic carbocycles. The average Bonchev–Trinajstić information content (AvgIpc) is 3.18. The third-order valence-corrected chi connectivity index (χ3v) is 2.92. The molecule has 0 saturated heterocycles. The van der Waals surface area contributed by atoms with Gasteiger partial charge in [0, 0.05) is 17.8 Å². The fraction of sp³-hybridized carbons (Fsp3) is 0.0667. The third-order valence-electron chi connectivity index (χ3n) is 2.92. The minimum absolute atomic E-state index is 0.282. The Morgan fingerprint density at radius 1 is 1.29 bits per heavy atom. The summed E-state index contributed by atoms with van der Waals surface area (Å²) in [5.41, 5.74) is 1.57. The van der Waals surface area contributed by atoms with Crippen LogP contribution in [0.3, 0.4) is 0 Å². The number of H-pyrrole nitrogens is 1. The zero-order chi connectivity index (χ0) is 14.7. The van der Waals surface area contributed by atoms with E-state index in [1.807, 2.05) is 0 Å². The normalized spacial score (nSPS) is 10.3. The van der Waals surface area contributed by atoms with Gasteiger partial charge in [-0.15, -0.1) is 0 Å². The summed E-state index contributed by atoms with van der Waals surface area (Å²) in [6.07, 6.45) is 1.56. The monoisotopic (exact) mass is 283 g/mol. The number of rotatable bonds is 4. The van der Waals surface area contributed by atoms with Crippen molar-refractivity contribution in [3.63, 3.8) is 0 Å². The van der Waals surface area contributed by atoms with Gasteiger partial charge in [-0.3, -0.25) is 9.89 Å². The third kappa shape index (κ3) is 2.79. The second kappa shape index (κ2) is 5.54. The molecule has 0 bridgehead atoms. The summed E-state index contributed by atoms with van der Waals surface area (Å²) in [6.45, 7) is 0. The average molecular weight is 283 g/mol. The van der Waals surface area contributed by atoms with E-state index < -0.39 is 0 Å². The van der Waals surface area contributed by atoms with Gasteiger partial charge in [-0.25, -0.2) is 0 Å². The van der Waals surface area contributed by atoms with Gasteiger partial charge in [-0.05, 0) is 24.3 Å². The molecule has 0 spiro atoms. The molecule has 0 radical (unpaired) electrons. The van der Waals surface area contributed by atoms with Crippen LogP contribution in [0.2, 0.25) is 0 Å². The number of anilines is 1. The van der Waals surface area contributed by atoms with E-state index in [-0.39, 0.29) is 11.6 Å². The van der Waals surface area contributed by atoms with Crippen molar-refractivity contribution in [2.75, 3.05) is 12.4 Å². The van der Waals surface area contributed by atoms with Crippen molar-refractivity contribution < 1.29 is 13.9 Å². The smallest absolute Gasteiger partial charge is 0.276 e. The highest BCUT2D eigenvalue weighted by Gasteiger charge is 2.13. The molecule has 1 amide bonds. The number of amides is 1. The van der Waals surface area contributed by atoms with Gasteiger partial charge in [0.15, 0.2) is 11.5 Å². The molecule has 2 aromatic heterocycles. The predicted octanol–water partition coefficient (Wildman–Crippen LogP) is 2.93. The number of furan rings is 1. The van der Waals surface area contributed by atoms with E-state index in [4.69, 9.17) is 9.15 Å². The molecule has 1 aromatic carbocycles. The van der Waals surface area contributed by atoms with Crippen LogP contribution in [0.25, 0.3) is 11.5 Å². The van der Waals surface area contributed by atoms with Crippen LogP contribution >= 0.6 is 0 Å². The van der Waals surface area contributed by atoms with Gasteiger partial charge in [0.25, 0.3) is 5.91 Å². The molecule has 2 N–H and O–H groups in total. The Bertz CT molecular complexity index is 747. The van der Waals surface area contributed by atoms with Crippen LogP contribution in [0, 0.1) is 0 Å². The molecule has 3 aromatic rings. The van der Waals surface area contributed by atoms with Crippen LogP contribution in [0.4, 0.5) is 5.69 Å². The summed E-state index contributed by atoms with van der Waals surface area (Å²) in [6, 6.07) is 12.3. The first-order valence-electron chi connectivity index (χ1n) is 6.31. The lowest BCUT2D eigenvalue weighted by atomic mass is 10.2. The second-order valence-corrected chi connectivity index (χ2v) is 4.33. The van der Waals surface area contributed by atoms with Crippen LogP contribution in [0.1, 0.15) is 10.5 Å². The number of benzene rings is 1. The topological polar surface area (TPSA) is 80.1 Å². The highest BCUT2D eigenvalue weighted by Crippen LogP contribution is 2.20. The summed E-state index contributed by atoms with van der Waals surface area (Å²) in [5.74, 6) is 0.992. The van der Waals surface area contributed by atoms with Crippen molar-refractivity contribution in [1.82, 2.24) is 10.2 Å². The van der Waals surface area contributed by atoms with Gasteiger partial charge in [0.2, 0.25) is 0 Å². The van der Waals surface area contributed by atoms with Gasteiger partial charge in [0.05, 0.1) is 13.4 Å². The Morgan fingerprint density at radius 2 is 2.19 bits per heavy atom. The van der Waals surface area contributed by atoms with E-state index in [0.717, 1.165) is 0 Å². The predicted molar refractivity (Wildman–Crippen MR) is 77.2 cm³/mol. The minimum atomic E-state index is -0.308.